The molecular weight excluding hydrogens is 180 g/mol. The second-order valence-electron chi connectivity index (χ2n) is 2.80. The number of carbonyl (C=O) groups is 1. The van der Waals surface area contributed by atoms with Crippen LogP contribution in [0.5, 0.6) is 0 Å². The quantitative estimate of drug-likeness (QED) is 0.371. The van der Waals surface area contributed by atoms with Gasteiger partial charge in [-0.2, -0.15) is 0 Å². The molecule has 13 heavy (non-hydrogen) atoms. The second-order valence-corrected chi connectivity index (χ2v) is 2.80. The van der Waals surface area contributed by atoms with Crippen molar-refractivity contribution >= 4 is 5.78 Å². The van der Waals surface area contributed by atoms with Crippen LogP contribution in [-0.2, 0) is 9.53 Å². The van der Waals surface area contributed by atoms with Crippen LogP contribution in [0.2, 0.25) is 0 Å². The number of allylic oxidation sites excluding steroid dienone is 1. The van der Waals surface area contributed by atoms with Gasteiger partial charge in [0, 0.05) is 0 Å². The maximum Gasteiger partial charge on any atom is 0.206 e. The minimum atomic E-state index is -2.62. The Morgan fingerprint density at radius 2 is 2.08 bits per heavy atom. The molecule has 0 saturated heterocycles. The lowest BCUT2D eigenvalue weighted by Gasteiger charge is -2.30. The summed E-state index contributed by atoms with van der Waals surface area (Å²) in [5.41, 5.74) is 0. The number of ether oxygens (including phenoxy) is 1. The molecule has 1 aliphatic carbocycles. The van der Waals surface area contributed by atoms with E-state index in [4.69, 9.17) is 20.4 Å². The molecule has 0 aromatic carbocycles. The third kappa shape index (κ3) is 1.51. The molecule has 0 spiro atoms. The zero-order valence-electron chi connectivity index (χ0n) is 6.89. The van der Waals surface area contributed by atoms with Crippen molar-refractivity contribution in [3.63, 3.8) is 0 Å². The van der Waals surface area contributed by atoms with Crippen molar-refractivity contribution in [3.05, 3.63) is 11.5 Å². The summed E-state index contributed by atoms with van der Waals surface area (Å²) in [6, 6.07) is 0. The molecule has 1 aliphatic rings. The number of hydrogen-bond donors (Lipinski definition) is 4. The molecule has 0 fully saturated rings. The number of carbonyl (C=O) groups excluding carboxylic acids is 1. The van der Waals surface area contributed by atoms with Gasteiger partial charge in [-0.25, -0.2) is 0 Å². The molecule has 1 atom stereocenters. The lowest BCUT2D eigenvalue weighted by atomic mass is 9.94. The summed E-state index contributed by atoms with van der Waals surface area (Å²) in [5, 5.41) is 36.3. The molecule has 0 heterocycles. The highest BCUT2D eigenvalue weighted by atomic mass is 16.5. The number of methoxy groups -OCH3 is 1. The molecule has 1 unspecified atom stereocenters. The smallest absolute Gasteiger partial charge is 0.206 e. The summed E-state index contributed by atoms with van der Waals surface area (Å²) in [4.78, 5) is 11.0. The zero-order chi connectivity index (χ0) is 10.2. The Hall–Kier alpha value is -1.11. The molecule has 1 rings (SSSR count). The number of ketones is 1. The Labute approximate surface area is 73.7 Å². The SMILES string of the molecule is COC1=C(O)C(O)C(O)(O)CC1=O. The topological polar surface area (TPSA) is 107 Å². The summed E-state index contributed by atoms with van der Waals surface area (Å²) in [6.45, 7) is 0. The number of Topliss-reactive ketones (excluding diaryl/α,β-unsaturated/α-hetero) is 1. The highest BCUT2D eigenvalue weighted by Gasteiger charge is 2.46. The van der Waals surface area contributed by atoms with E-state index >= 15 is 0 Å². The van der Waals surface area contributed by atoms with E-state index in [0.717, 1.165) is 7.11 Å². The maximum absolute atomic E-state index is 11.0. The Morgan fingerprint density at radius 3 is 2.54 bits per heavy atom. The fourth-order valence-electron chi connectivity index (χ4n) is 1.12. The molecule has 0 aromatic heterocycles. The van der Waals surface area contributed by atoms with Crippen LogP contribution in [0.4, 0.5) is 0 Å². The lowest BCUT2D eigenvalue weighted by Crippen LogP contribution is -2.49. The number of aliphatic hydroxyl groups excluding tert-OH is 2. The van der Waals surface area contributed by atoms with Crippen LogP contribution < -0.4 is 0 Å². The summed E-state index contributed by atoms with van der Waals surface area (Å²) in [7, 11) is 1.14. The van der Waals surface area contributed by atoms with E-state index in [1.165, 1.54) is 0 Å². The van der Waals surface area contributed by atoms with Crippen LogP contribution in [0, 0.1) is 0 Å². The number of hydrogen-bond acceptors (Lipinski definition) is 6. The monoisotopic (exact) mass is 190 g/mol. The van der Waals surface area contributed by atoms with Crippen molar-refractivity contribution in [2.75, 3.05) is 7.11 Å². The van der Waals surface area contributed by atoms with Gasteiger partial charge in [-0.15, -0.1) is 0 Å². The molecule has 0 radical (unpaired) electrons. The standard InChI is InChI=1S/C7H10O6/c1-13-5-3(8)2-7(11,12)6(10)4(5)9/h6,9-12H,2H2,1H3. The minimum absolute atomic E-state index is 0.439. The highest BCUT2D eigenvalue weighted by molar-refractivity contribution is 5.95. The van der Waals surface area contributed by atoms with Crippen LogP contribution in [-0.4, -0.2) is 45.2 Å². The van der Waals surface area contributed by atoms with Crippen LogP contribution in [0.25, 0.3) is 0 Å². The summed E-state index contributed by atoms with van der Waals surface area (Å²) < 4.78 is 4.48. The third-order valence-corrected chi connectivity index (χ3v) is 1.81. The maximum atomic E-state index is 11.0. The van der Waals surface area contributed by atoms with Gasteiger partial charge < -0.3 is 25.2 Å². The first-order chi connectivity index (χ1) is 5.90. The van der Waals surface area contributed by atoms with E-state index in [2.05, 4.69) is 4.74 Å². The Kier molecular flexibility index (Phi) is 2.29. The molecular formula is C7H10O6. The van der Waals surface area contributed by atoms with Gasteiger partial charge in [0.05, 0.1) is 13.5 Å². The molecule has 0 saturated carbocycles. The van der Waals surface area contributed by atoms with Crippen LogP contribution >= 0.6 is 0 Å². The molecule has 74 valence electrons. The fraction of sp³-hybridized carbons (Fsp3) is 0.571. The Morgan fingerprint density at radius 1 is 1.54 bits per heavy atom. The van der Waals surface area contributed by atoms with E-state index in [-0.39, 0.29) is 0 Å². The average Bonchev–Trinajstić information content (AvgIpc) is 2.01. The van der Waals surface area contributed by atoms with Gasteiger partial charge in [0.15, 0.2) is 11.9 Å². The van der Waals surface area contributed by atoms with Gasteiger partial charge in [-0.05, 0) is 0 Å². The largest absolute Gasteiger partial charge is 0.506 e. The third-order valence-electron chi connectivity index (χ3n) is 1.81. The summed E-state index contributed by atoms with van der Waals surface area (Å²) in [6.07, 6.45) is -2.62. The minimum Gasteiger partial charge on any atom is -0.506 e. The molecule has 6 nitrogen and oxygen atoms in total. The molecule has 0 aliphatic heterocycles. The summed E-state index contributed by atoms with van der Waals surface area (Å²) in [5.74, 6) is -4.69. The van der Waals surface area contributed by atoms with Crippen molar-refractivity contribution in [1.29, 1.82) is 0 Å². The highest BCUT2D eigenvalue weighted by Crippen LogP contribution is 2.27. The first-order valence-electron chi connectivity index (χ1n) is 3.53. The molecule has 0 bridgehead atoms. The Balaban J connectivity index is 3.11. The van der Waals surface area contributed by atoms with E-state index in [1.54, 1.807) is 0 Å². The Bertz CT molecular complexity index is 266. The first kappa shape index (κ1) is 9.97. The van der Waals surface area contributed by atoms with E-state index < -0.39 is 35.6 Å². The second kappa shape index (κ2) is 2.99. The average molecular weight is 190 g/mol. The van der Waals surface area contributed by atoms with Crippen molar-refractivity contribution in [2.45, 2.75) is 18.3 Å². The van der Waals surface area contributed by atoms with Crippen LogP contribution in [0.3, 0.4) is 0 Å². The van der Waals surface area contributed by atoms with E-state index in [1.807, 2.05) is 0 Å². The first-order valence-corrected chi connectivity index (χ1v) is 3.53. The van der Waals surface area contributed by atoms with Crippen LogP contribution in [0.15, 0.2) is 11.5 Å². The molecule has 0 amide bonds. The zero-order valence-corrected chi connectivity index (χ0v) is 6.89. The van der Waals surface area contributed by atoms with E-state index in [0.29, 0.717) is 0 Å². The van der Waals surface area contributed by atoms with Gasteiger partial charge in [0.25, 0.3) is 0 Å². The predicted molar refractivity (Wildman–Crippen MR) is 39.5 cm³/mol. The van der Waals surface area contributed by atoms with Gasteiger partial charge >= 0.3 is 0 Å². The molecule has 0 aromatic rings. The van der Waals surface area contributed by atoms with Crippen molar-refractivity contribution in [1.82, 2.24) is 0 Å². The fourth-order valence-corrected chi connectivity index (χ4v) is 1.12. The van der Waals surface area contributed by atoms with Gasteiger partial charge in [0.1, 0.15) is 0 Å². The van der Waals surface area contributed by atoms with Gasteiger partial charge in [0.2, 0.25) is 17.3 Å². The van der Waals surface area contributed by atoms with Crippen molar-refractivity contribution in [2.24, 2.45) is 0 Å². The van der Waals surface area contributed by atoms with Crippen molar-refractivity contribution in [3.8, 4) is 0 Å². The van der Waals surface area contributed by atoms with Gasteiger partial charge in [-0.1, -0.05) is 0 Å². The molecule has 6 heteroatoms. The lowest BCUT2D eigenvalue weighted by molar-refractivity contribution is -0.228. The van der Waals surface area contributed by atoms with Crippen LogP contribution in [0.1, 0.15) is 6.42 Å². The predicted octanol–water partition coefficient (Wildman–Crippen LogP) is -1.58. The summed E-state index contributed by atoms with van der Waals surface area (Å²) >= 11 is 0. The number of aliphatic hydroxyl groups is 4. The number of rotatable bonds is 1. The van der Waals surface area contributed by atoms with Crippen molar-refractivity contribution < 1.29 is 30.0 Å². The molecule has 4 N–H and O–H groups in total. The normalized spacial score (nSPS) is 27.7. The van der Waals surface area contributed by atoms with E-state index in [9.17, 15) is 4.79 Å². The van der Waals surface area contributed by atoms with Gasteiger partial charge in [-0.3, -0.25) is 4.79 Å².